The lowest BCUT2D eigenvalue weighted by Gasteiger charge is -2.02. The van der Waals surface area contributed by atoms with Crippen LogP contribution in [0.25, 0.3) is 10.2 Å². The Labute approximate surface area is 107 Å². The molecule has 0 bridgehead atoms. The van der Waals surface area contributed by atoms with Gasteiger partial charge in [-0.25, -0.2) is 14.4 Å². The lowest BCUT2D eigenvalue weighted by Crippen LogP contribution is -2.08. The number of hydrogen-bond donors (Lipinski definition) is 1. The molecular weight excluding hydrogens is 251 g/mol. The molecule has 3 rings (SSSR count). The fourth-order valence-corrected chi connectivity index (χ4v) is 2.60. The van der Waals surface area contributed by atoms with Crippen molar-refractivity contribution in [2.45, 2.75) is 6.54 Å². The van der Waals surface area contributed by atoms with Gasteiger partial charge < -0.3 is 9.88 Å². The van der Waals surface area contributed by atoms with Crippen molar-refractivity contribution in [2.24, 2.45) is 0 Å². The van der Waals surface area contributed by atoms with E-state index in [0.29, 0.717) is 0 Å². The normalized spacial score (nSPS) is 10.9. The topological polar surface area (TPSA) is 42.7 Å². The van der Waals surface area contributed by atoms with Crippen LogP contribution >= 0.6 is 11.3 Å². The highest BCUT2D eigenvalue weighted by molar-refractivity contribution is 7.22. The third kappa shape index (κ3) is 2.33. The number of aromatic nitrogens is 3. The van der Waals surface area contributed by atoms with Crippen LogP contribution in [-0.2, 0) is 6.54 Å². The van der Waals surface area contributed by atoms with Gasteiger partial charge in [-0.2, -0.15) is 0 Å². The van der Waals surface area contributed by atoms with Crippen molar-refractivity contribution in [3.05, 3.63) is 42.7 Å². The van der Waals surface area contributed by atoms with Gasteiger partial charge in [0, 0.05) is 25.5 Å². The number of imidazole rings is 1. The van der Waals surface area contributed by atoms with Crippen molar-refractivity contribution >= 4 is 26.7 Å². The number of anilines is 1. The van der Waals surface area contributed by atoms with Crippen molar-refractivity contribution in [3.8, 4) is 0 Å². The highest BCUT2D eigenvalue weighted by atomic mass is 32.1. The van der Waals surface area contributed by atoms with Crippen molar-refractivity contribution in [3.63, 3.8) is 0 Å². The molecule has 0 saturated carbocycles. The molecule has 1 aromatic carbocycles. The minimum atomic E-state index is -0.226. The zero-order valence-corrected chi connectivity index (χ0v) is 10.3. The van der Waals surface area contributed by atoms with E-state index in [4.69, 9.17) is 0 Å². The number of fused-ring (bicyclic) bond motifs is 1. The molecule has 3 aromatic rings. The second-order valence-electron chi connectivity index (χ2n) is 3.86. The summed E-state index contributed by atoms with van der Waals surface area (Å²) in [7, 11) is 0. The second kappa shape index (κ2) is 4.73. The summed E-state index contributed by atoms with van der Waals surface area (Å²) in [5.41, 5.74) is 0.825. The van der Waals surface area contributed by atoms with Crippen molar-refractivity contribution < 1.29 is 4.39 Å². The molecular formula is C12H11FN4S. The van der Waals surface area contributed by atoms with E-state index < -0.39 is 0 Å². The number of thiazole rings is 1. The van der Waals surface area contributed by atoms with Crippen LogP contribution in [0.1, 0.15) is 0 Å². The van der Waals surface area contributed by atoms with Crippen LogP contribution < -0.4 is 5.32 Å². The first-order chi connectivity index (χ1) is 8.81. The Kier molecular flexibility index (Phi) is 2.93. The fraction of sp³-hybridized carbons (Fsp3) is 0.167. The van der Waals surface area contributed by atoms with E-state index in [0.717, 1.165) is 28.4 Å². The summed E-state index contributed by atoms with van der Waals surface area (Å²) in [4.78, 5) is 8.36. The number of halogens is 1. The Balaban J connectivity index is 1.67. The molecule has 0 amide bonds. The third-order valence-electron chi connectivity index (χ3n) is 2.56. The molecule has 18 heavy (non-hydrogen) atoms. The molecule has 4 nitrogen and oxygen atoms in total. The summed E-state index contributed by atoms with van der Waals surface area (Å²) < 4.78 is 15.9. The molecule has 2 aromatic heterocycles. The minimum Gasteiger partial charge on any atom is -0.360 e. The lowest BCUT2D eigenvalue weighted by molar-refractivity contribution is 0.630. The van der Waals surface area contributed by atoms with E-state index in [9.17, 15) is 4.39 Å². The summed E-state index contributed by atoms with van der Waals surface area (Å²) >= 11 is 1.46. The predicted molar refractivity (Wildman–Crippen MR) is 70.3 cm³/mol. The SMILES string of the molecule is Fc1ccc2nc(NCCn3ccnc3)sc2c1. The van der Waals surface area contributed by atoms with E-state index in [1.165, 1.54) is 23.5 Å². The fourth-order valence-electron chi connectivity index (χ4n) is 1.69. The maximum atomic E-state index is 13.0. The van der Waals surface area contributed by atoms with Crippen molar-refractivity contribution in [1.82, 2.24) is 14.5 Å². The van der Waals surface area contributed by atoms with Gasteiger partial charge in [-0.1, -0.05) is 11.3 Å². The number of nitrogens with zero attached hydrogens (tertiary/aromatic N) is 3. The zero-order chi connectivity index (χ0) is 12.4. The van der Waals surface area contributed by atoms with E-state index in [-0.39, 0.29) is 5.82 Å². The van der Waals surface area contributed by atoms with Crippen molar-refractivity contribution in [1.29, 1.82) is 0 Å². The van der Waals surface area contributed by atoms with Gasteiger partial charge in [0.2, 0.25) is 0 Å². The van der Waals surface area contributed by atoms with Crippen LogP contribution in [0.4, 0.5) is 9.52 Å². The van der Waals surface area contributed by atoms with Gasteiger partial charge in [-0.3, -0.25) is 0 Å². The molecule has 0 saturated heterocycles. The van der Waals surface area contributed by atoms with Crippen LogP contribution in [0.2, 0.25) is 0 Å². The van der Waals surface area contributed by atoms with E-state index in [1.807, 2.05) is 10.8 Å². The van der Waals surface area contributed by atoms with Crippen molar-refractivity contribution in [2.75, 3.05) is 11.9 Å². The highest BCUT2D eigenvalue weighted by Crippen LogP contribution is 2.26. The number of nitrogens with one attached hydrogen (secondary N) is 1. The first-order valence-electron chi connectivity index (χ1n) is 5.57. The predicted octanol–water partition coefficient (Wildman–Crippen LogP) is 2.74. The van der Waals surface area contributed by atoms with E-state index in [1.54, 1.807) is 18.6 Å². The van der Waals surface area contributed by atoms with Gasteiger partial charge in [0.05, 0.1) is 16.5 Å². The monoisotopic (exact) mass is 262 g/mol. The smallest absolute Gasteiger partial charge is 0.183 e. The Hall–Kier alpha value is -1.95. The Bertz CT molecular complexity index is 647. The molecule has 0 radical (unpaired) electrons. The summed E-state index contributed by atoms with van der Waals surface area (Å²) in [6.07, 6.45) is 5.44. The summed E-state index contributed by atoms with van der Waals surface area (Å²) in [5, 5.41) is 4.04. The molecule has 0 fully saturated rings. The van der Waals surface area contributed by atoms with E-state index in [2.05, 4.69) is 15.3 Å². The largest absolute Gasteiger partial charge is 0.360 e. The highest BCUT2D eigenvalue weighted by Gasteiger charge is 2.04. The molecule has 0 aliphatic heterocycles. The Morgan fingerprint density at radius 2 is 2.33 bits per heavy atom. The number of hydrogen-bond acceptors (Lipinski definition) is 4. The van der Waals surface area contributed by atoms with E-state index >= 15 is 0 Å². The van der Waals surface area contributed by atoms with Gasteiger partial charge in [0.25, 0.3) is 0 Å². The standard InChI is InChI=1S/C12H11FN4S/c13-9-1-2-10-11(7-9)18-12(16-10)15-4-6-17-5-3-14-8-17/h1-3,5,7-8H,4,6H2,(H,15,16). The van der Waals surface area contributed by atoms with Gasteiger partial charge in [0.1, 0.15) is 5.82 Å². The van der Waals surface area contributed by atoms with Crippen LogP contribution in [0.5, 0.6) is 0 Å². The molecule has 0 spiro atoms. The van der Waals surface area contributed by atoms with Gasteiger partial charge >= 0.3 is 0 Å². The molecule has 92 valence electrons. The average Bonchev–Trinajstić information content (AvgIpc) is 2.97. The quantitative estimate of drug-likeness (QED) is 0.786. The Morgan fingerprint density at radius 3 is 3.17 bits per heavy atom. The molecule has 0 atom stereocenters. The molecule has 6 heteroatoms. The maximum absolute atomic E-state index is 13.0. The number of rotatable bonds is 4. The molecule has 1 N–H and O–H groups in total. The minimum absolute atomic E-state index is 0.226. The Morgan fingerprint density at radius 1 is 1.39 bits per heavy atom. The zero-order valence-electron chi connectivity index (χ0n) is 9.51. The second-order valence-corrected chi connectivity index (χ2v) is 4.89. The third-order valence-corrected chi connectivity index (χ3v) is 3.53. The number of benzene rings is 1. The first-order valence-corrected chi connectivity index (χ1v) is 6.38. The molecule has 0 unspecified atom stereocenters. The molecule has 0 aliphatic rings. The maximum Gasteiger partial charge on any atom is 0.183 e. The van der Waals surface area contributed by atoms with Crippen LogP contribution in [0.15, 0.2) is 36.9 Å². The van der Waals surface area contributed by atoms with Gasteiger partial charge in [-0.05, 0) is 18.2 Å². The molecule has 2 heterocycles. The van der Waals surface area contributed by atoms with Crippen LogP contribution in [-0.4, -0.2) is 21.1 Å². The van der Waals surface area contributed by atoms with Gasteiger partial charge in [0.15, 0.2) is 5.13 Å². The summed E-state index contributed by atoms with van der Waals surface area (Å²) in [6.45, 7) is 1.59. The van der Waals surface area contributed by atoms with Crippen LogP contribution in [0.3, 0.4) is 0 Å². The summed E-state index contributed by atoms with van der Waals surface area (Å²) in [6, 6.07) is 4.63. The molecule has 0 aliphatic carbocycles. The first kappa shape index (κ1) is 11.2. The lowest BCUT2D eigenvalue weighted by atomic mass is 10.3. The average molecular weight is 262 g/mol. The van der Waals surface area contributed by atoms with Crippen LogP contribution in [0, 0.1) is 5.82 Å². The van der Waals surface area contributed by atoms with Gasteiger partial charge in [-0.15, -0.1) is 0 Å². The summed E-state index contributed by atoms with van der Waals surface area (Å²) in [5.74, 6) is -0.226.